The van der Waals surface area contributed by atoms with Gasteiger partial charge < -0.3 is 14.7 Å². The summed E-state index contributed by atoms with van der Waals surface area (Å²) in [5, 5.41) is 13.4. The molecular weight excluding hydrogens is 418 g/mol. The number of benzene rings is 3. The molecule has 4 rings (SSSR count). The van der Waals surface area contributed by atoms with Crippen molar-refractivity contribution in [3.63, 3.8) is 0 Å². The number of nitrogens with zero attached hydrogens (tertiary/aromatic N) is 1. The van der Waals surface area contributed by atoms with Crippen LogP contribution in [0.2, 0.25) is 5.02 Å². The molecule has 0 aromatic heterocycles. The molecule has 0 unspecified atom stereocenters. The summed E-state index contributed by atoms with van der Waals surface area (Å²) < 4.78 is 5.92. The Morgan fingerprint density at radius 3 is 2.52 bits per heavy atom. The maximum absolute atomic E-state index is 12.3. The summed E-state index contributed by atoms with van der Waals surface area (Å²) in [5.41, 5.74) is 3.07. The molecule has 0 bridgehead atoms. The topological polar surface area (TPSA) is 85.2 Å². The summed E-state index contributed by atoms with van der Waals surface area (Å²) in [4.78, 5) is 28.2. The number of carbonyl (C=O) groups is 2. The molecule has 0 spiro atoms. The van der Waals surface area contributed by atoms with Gasteiger partial charge in [-0.15, -0.1) is 0 Å². The Balaban J connectivity index is 1.61. The van der Waals surface area contributed by atoms with Gasteiger partial charge in [-0.05, 0) is 42.0 Å². The lowest BCUT2D eigenvalue weighted by atomic mass is 10.0. The highest BCUT2D eigenvalue weighted by atomic mass is 35.5. The predicted octanol–water partition coefficient (Wildman–Crippen LogP) is 4.96. The molecule has 0 fully saturated rings. The van der Waals surface area contributed by atoms with Gasteiger partial charge in [0, 0.05) is 16.1 Å². The van der Waals surface area contributed by atoms with E-state index in [1.54, 1.807) is 36.4 Å². The SMILES string of the molecule is O=C1ON=C(c2ccccc2)/C1=C/c1cc(Cl)ccc1OCc1ccc(C(=O)O)cc1. The van der Waals surface area contributed by atoms with Crippen molar-refractivity contribution in [1.29, 1.82) is 0 Å². The third kappa shape index (κ3) is 4.65. The summed E-state index contributed by atoms with van der Waals surface area (Å²) in [5.74, 6) is -1.04. The molecule has 1 heterocycles. The van der Waals surface area contributed by atoms with Crippen molar-refractivity contribution >= 4 is 35.3 Å². The van der Waals surface area contributed by atoms with Gasteiger partial charge in [0.1, 0.15) is 18.1 Å². The average molecular weight is 434 g/mol. The number of halogens is 1. The Morgan fingerprint density at radius 2 is 1.81 bits per heavy atom. The molecule has 1 N–H and O–H groups in total. The van der Waals surface area contributed by atoms with Crippen molar-refractivity contribution in [2.75, 3.05) is 0 Å². The normalized spacial score (nSPS) is 14.3. The van der Waals surface area contributed by atoms with Crippen LogP contribution >= 0.6 is 11.6 Å². The third-order valence-corrected chi connectivity index (χ3v) is 4.84. The highest BCUT2D eigenvalue weighted by molar-refractivity contribution is 6.32. The molecule has 0 atom stereocenters. The smallest absolute Gasteiger partial charge is 0.368 e. The van der Waals surface area contributed by atoms with Crippen LogP contribution in [-0.4, -0.2) is 22.8 Å². The fourth-order valence-corrected chi connectivity index (χ4v) is 3.22. The maximum atomic E-state index is 12.3. The van der Waals surface area contributed by atoms with E-state index in [0.717, 1.165) is 11.1 Å². The largest absolute Gasteiger partial charge is 0.488 e. The van der Waals surface area contributed by atoms with Crippen LogP contribution in [0.25, 0.3) is 6.08 Å². The minimum absolute atomic E-state index is 0.202. The summed E-state index contributed by atoms with van der Waals surface area (Å²) >= 11 is 6.17. The fourth-order valence-electron chi connectivity index (χ4n) is 3.04. The fraction of sp³-hybridized carbons (Fsp3) is 0.0417. The summed E-state index contributed by atoms with van der Waals surface area (Å²) in [6.45, 7) is 0.210. The van der Waals surface area contributed by atoms with E-state index in [0.29, 0.717) is 27.6 Å². The monoisotopic (exact) mass is 433 g/mol. The van der Waals surface area contributed by atoms with Crippen molar-refractivity contribution in [2.45, 2.75) is 6.61 Å². The van der Waals surface area contributed by atoms with Crippen molar-refractivity contribution in [3.8, 4) is 5.75 Å². The highest BCUT2D eigenvalue weighted by Crippen LogP contribution is 2.29. The molecule has 0 saturated carbocycles. The van der Waals surface area contributed by atoms with Gasteiger partial charge in [0.2, 0.25) is 0 Å². The van der Waals surface area contributed by atoms with Gasteiger partial charge in [-0.2, -0.15) is 0 Å². The molecule has 7 heteroatoms. The highest BCUT2D eigenvalue weighted by Gasteiger charge is 2.27. The Morgan fingerprint density at radius 1 is 1.06 bits per heavy atom. The number of oxime groups is 1. The number of rotatable bonds is 6. The van der Waals surface area contributed by atoms with E-state index >= 15 is 0 Å². The molecule has 0 radical (unpaired) electrons. The number of carboxylic acids is 1. The minimum atomic E-state index is -0.988. The average Bonchev–Trinajstić information content (AvgIpc) is 3.14. The molecule has 3 aromatic rings. The quantitative estimate of drug-likeness (QED) is 0.438. The standard InChI is InChI=1S/C24H16ClNO5/c25-19-10-11-21(30-14-15-6-8-17(9-7-15)23(27)28)18(12-19)13-20-22(26-31-24(20)29)16-4-2-1-3-5-16/h1-13H,14H2,(H,27,28)/b20-13-. The van der Waals surface area contributed by atoms with E-state index in [4.69, 9.17) is 26.3 Å². The lowest BCUT2D eigenvalue weighted by Gasteiger charge is -2.11. The first-order valence-corrected chi connectivity index (χ1v) is 9.70. The van der Waals surface area contributed by atoms with Crippen LogP contribution in [0, 0.1) is 0 Å². The molecule has 0 amide bonds. The summed E-state index contributed by atoms with van der Waals surface area (Å²) in [6, 6.07) is 20.7. The third-order valence-electron chi connectivity index (χ3n) is 4.61. The zero-order valence-corrected chi connectivity index (χ0v) is 16.9. The van der Waals surface area contributed by atoms with Crippen LogP contribution in [-0.2, 0) is 16.2 Å². The summed E-state index contributed by atoms with van der Waals surface area (Å²) in [7, 11) is 0. The Labute approximate surface area is 183 Å². The van der Waals surface area contributed by atoms with E-state index in [2.05, 4.69) is 5.16 Å². The van der Waals surface area contributed by atoms with E-state index in [1.807, 2.05) is 30.3 Å². The maximum Gasteiger partial charge on any atom is 0.368 e. The molecule has 1 aliphatic rings. The molecule has 31 heavy (non-hydrogen) atoms. The van der Waals surface area contributed by atoms with Crippen molar-refractivity contribution in [3.05, 3.63) is 106 Å². The van der Waals surface area contributed by atoms with Crippen LogP contribution in [0.3, 0.4) is 0 Å². The first-order valence-electron chi connectivity index (χ1n) is 9.32. The summed E-state index contributed by atoms with van der Waals surface area (Å²) in [6.07, 6.45) is 1.63. The number of aromatic carboxylic acids is 1. The lowest BCUT2D eigenvalue weighted by molar-refractivity contribution is -0.136. The van der Waals surface area contributed by atoms with Gasteiger partial charge >= 0.3 is 11.9 Å². The number of hydrogen-bond donors (Lipinski definition) is 1. The van der Waals surface area contributed by atoms with E-state index in [1.165, 1.54) is 12.1 Å². The van der Waals surface area contributed by atoms with Crippen molar-refractivity contribution in [2.24, 2.45) is 5.16 Å². The van der Waals surface area contributed by atoms with E-state index < -0.39 is 11.9 Å². The van der Waals surface area contributed by atoms with Gasteiger partial charge in [-0.3, -0.25) is 0 Å². The number of hydrogen-bond acceptors (Lipinski definition) is 5. The van der Waals surface area contributed by atoms with Crippen LogP contribution in [0.5, 0.6) is 5.75 Å². The van der Waals surface area contributed by atoms with Crippen LogP contribution in [0.15, 0.2) is 83.5 Å². The number of carboxylic acid groups (broad SMARTS) is 1. The second-order valence-electron chi connectivity index (χ2n) is 6.72. The predicted molar refractivity (Wildman–Crippen MR) is 116 cm³/mol. The van der Waals surface area contributed by atoms with Gasteiger partial charge in [-0.1, -0.05) is 59.2 Å². The zero-order valence-electron chi connectivity index (χ0n) is 16.1. The van der Waals surface area contributed by atoms with Crippen molar-refractivity contribution < 1.29 is 24.3 Å². The molecule has 0 aliphatic carbocycles. The first kappa shape index (κ1) is 20.4. The Hall–Kier alpha value is -3.90. The van der Waals surface area contributed by atoms with Crippen LogP contribution in [0.4, 0.5) is 0 Å². The molecule has 0 saturated heterocycles. The molecule has 6 nitrogen and oxygen atoms in total. The Bertz CT molecular complexity index is 1200. The zero-order chi connectivity index (χ0) is 21.8. The number of ether oxygens (including phenoxy) is 1. The molecular formula is C24H16ClNO5. The van der Waals surface area contributed by atoms with Gasteiger partial charge in [0.15, 0.2) is 0 Å². The van der Waals surface area contributed by atoms with E-state index in [9.17, 15) is 9.59 Å². The van der Waals surface area contributed by atoms with Gasteiger partial charge in [0.25, 0.3) is 0 Å². The molecule has 3 aromatic carbocycles. The number of carbonyl (C=O) groups excluding carboxylic acids is 1. The second kappa shape index (κ2) is 8.85. The van der Waals surface area contributed by atoms with Crippen LogP contribution < -0.4 is 4.74 Å². The van der Waals surface area contributed by atoms with Crippen LogP contribution in [0.1, 0.15) is 27.0 Å². The first-order chi connectivity index (χ1) is 15.0. The Kier molecular flexibility index (Phi) is 5.82. The molecule has 154 valence electrons. The van der Waals surface area contributed by atoms with Gasteiger partial charge in [-0.25, -0.2) is 9.59 Å². The van der Waals surface area contributed by atoms with Crippen molar-refractivity contribution in [1.82, 2.24) is 0 Å². The molecule has 1 aliphatic heterocycles. The minimum Gasteiger partial charge on any atom is -0.488 e. The van der Waals surface area contributed by atoms with Gasteiger partial charge in [0.05, 0.1) is 11.1 Å². The van der Waals surface area contributed by atoms with E-state index in [-0.39, 0.29) is 12.2 Å². The second-order valence-corrected chi connectivity index (χ2v) is 7.15. The lowest BCUT2D eigenvalue weighted by Crippen LogP contribution is -2.07.